The van der Waals surface area contributed by atoms with Crippen LogP contribution in [-0.4, -0.2) is 16.1 Å². The van der Waals surface area contributed by atoms with Crippen molar-refractivity contribution in [2.75, 3.05) is 0 Å². The molecule has 0 atom stereocenters. The third-order valence-electron chi connectivity index (χ3n) is 2.07. The number of halogens is 1. The lowest BCUT2D eigenvalue weighted by Crippen LogP contribution is -1.88. The molecule has 0 amide bonds. The van der Waals surface area contributed by atoms with Gasteiger partial charge in [-0.3, -0.25) is 0 Å². The van der Waals surface area contributed by atoms with E-state index in [0.717, 1.165) is 17.0 Å². The molecule has 1 aromatic carbocycles. The maximum Gasteiger partial charge on any atom is 0.328 e. The smallest absolute Gasteiger partial charge is 0.328 e. The van der Waals surface area contributed by atoms with Crippen molar-refractivity contribution in [2.24, 2.45) is 0 Å². The number of fused-ring (bicyclic) bond motifs is 1. The summed E-state index contributed by atoms with van der Waals surface area (Å²) in [5, 5.41) is 10.1. The van der Waals surface area contributed by atoms with Crippen molar-refractivity contribution < 1.29 is 9.90 Å². The molecule has 0 aliphatic carbocycles. The van der Waals surface area contributed by atoms with Crippen LogP contribution in [0.1, 0.15) is 5.69 Å². The lowest BCUT2D eigenvalue weighted by atomic mass is 10.2. The number of carboxylic acid groups (broad SMARTS) is 1. The molecule has 0 saturated carbocycles. The summed E-state index contributed by atoms with van der Waals surface area (Å²) in [6, 6.07) is 9.04. The molecular weight excluding hydrogens is 226 g/mol. The van der Waals surface area contributed by atoms with Crippen molar-refractivity contribution >= 4 is 34.5 Å². The number of carbonyl (C=O) groups is 1. The Morgan fingerprint density at radius 1 is 1.31 bits per heavy atom. The number of hydrogen-bond acceptors (Lipinski definition) is 2. The predicted octanol–water partition coefficient (Wildman–Crippen LogP) is 2.99. The van der Waals surface area contributed by atoms with Crippen LogP contribution in [0.3, 0.4) is 0 Å². The number of aromatic nitrogens is 1. The lowest BCUT2D eigenvalue weighted by molar-refractivity contribution is -0.131. The summed E-state index contributed by atoms with van der Waals surface area (Å²) in [7, 11) is 0. The number of benzene rings is 1. The molecule has 0 bridgehead atoms. The Hall–Kier alpha value is -1.87. The van der Waals surface area contributed by atoms with Gasteiger partial charge in [-0.05, 0) is 24.3 Å². The number of hydrogen-bond donors (Lipinski definition) is 1. The minimum Gasteiger partial charge on any atom is -0.478 e. The van der Waals surface area contributed by atoms with Gasteiger partial charge in [-0.15, -0.1) is 0 Å². The monoisotopic (exact) mass is 233 g/mol. The van der Waals surface area contributed by atoms with Crippen LogP contribution in [-0.2, 0) is 4.79 Å². The van der Waals surface area contributed by atoms with Gasteiger partial charge in [0.15, 0.2) is 0 Å². The highest BCUT2D eigenvalue weighted by Crippen LogP contribution is 2.18. The number of rotatable bonds is 2. The summed E-state index contributed by atoms with van der Waals surface area (Å²) in [6.07, 6.45) is 2.50. The van der Waals surface area contributed by atoms with Crippen LogP contribution in [0.2, 0.25) is 5.02 Å². The number of aliphatic carboxylic acids is 1. The number of carboxylic acids is 1. The summed E-state index contributed by atoms with van der Waals surface area (Å²) in [5.74, 6) is -0.993. The topological polar surface area (TPSA) is 50.2 Å². The van der Waals surface area contributed by atoms with Crippen LogP contribution in [0.5, 0.6) is 0 Å². The molecule has 0 radical (unpaired) electrons. The Morgan fingerprint density at radius 2 is 2.06 bits per heavy atom. The Labute approximate surface area is 97.0 Å². The molecule has 0 fully saturated rings. The Kier molecular flexibility index (Phi) is 2.88. The zero-order valence-corrected chi connectivity index (χ0v) is 8.98. The molecule has 1 aromatic heterocycles. The molecule has 2 rings (SSSR count). The number of pyridine rings is 1. The Balaban J connectivity index is 2.46. The molecule has 0 aliphatic rings. The second kappa shape index (κ2) is 4.33. The molecule has 0 unspecified atom stereocenters. The van der Waals surface area contributed by atoms with Gasteiger partial charge in [0.1, 0.15) is 0 Å². The van der Waals surface area contributed by atoms with Crippen LogP contribution in [0.25, 0.3) is 17.0 Å². The van der Waals surface area contributed by atoms with E-state index in [2.05, 4.69) is 4.98 Å². The van der Waals surface area contributed by atoms with Crippen LogP contribution < -0.4 is 0 Å². The van der Waals surface area contributed by atoms with Crippen molar-refractivity contribution in [3.05, 3.63) is 47.1 Å². The normalized spacial score (nSPS) is 11.1. The first kappa shape index (κ1) is 10.6. The van der Waals surface area contributed by atoms with E-state index in [0.29, 0.717) is 10.7 Å². The van der Waals surface area contributed by atoms with Crippen LogP contribution in [0, 0.1) is 0 Å². The first-order valence-corrected chi connectivity index (χ1v) is 5.00. The van der Waals surface area contributed by atoms with Gasteiger partial charge in [-0.2, -0.15) is 0 Å². The van der Waals surface area contributed by atoms with Gasteiger partial charge < -0.3 is 5.11 Å². The fraction of sp³-hybridized carbons (Fsp3) is 0. The second-order valence-electron chi connectivity index (χ2n) is 3.24. The molecule has 1 N–H and O–H groups in total. The SMILES string of the molecule is O=C(O)/C=C\c1ccc2ccc(Cl)cc2n1. The van der Waals surface area contributed by atoms with E-state index in [4.69, 9.17) is 16.7 Å². The summed E-state index contributed by atoms with van der Waals surface area (Å²) >= 11 is 5.85. The van der Waals surface area contributed by atoms with Gasteiger partial charge in [-0.25, -0.2) is 9.78 Å². The zero-order chi connectivity index (χ0) is 11.5. The standard InChI is InChI=1S/C12H8ClNO2/c13-9-3-1-8-2-4-10(5-6-12(15)16)14-11(8)7-9/h1-7H,(H,15,16)/b6-5-. The van der Waals surface area contributed by atoms with Crippen LogP contribution >= 0.6 is 11.6 Å². The Bertz CT molecular complexity index is 578. The molecule has 0 aliphatic heterocycles. The van der Waals surface area contributed by atoms with Crippen molar-refractivity contribution in [1.29, 1.82) is 0 Å². The van der Waals surface area contributed by atoms with Crippen molar-refractivity contribution in [3.8, 4) is 0 Å². The van der Waals surface area contributed by atoms with Gasteiger partial charge in [0.2, 0.25) is 0 Å². The van der Waals surface area contributed by atoms with Gasteiger partial charge in [0.05, 0.1) is 11.2 Å². The predicted molar refractivity (Wildman–Crippen MR) is 63.4 cm³/mol. The van der Waals surface area contributed by atoms with Crippen LogP contribution in [0.4, 0.5) is 0 Å². The third-order valence-corrected chi connectivity index (χ3v) is 2.31. The van der Waals surface area contributed by atoms with E-state index in [9.17, 15) is 4.79 Å². The second-order valence-corrected chi connectivity index (χ2v) is 3.68. The molecule has 0 spiro atoms. The molecule has 0 saturated heterocycles. The summed E-state index contributed by atoms with van der Waals surface area (Å²) in [6.45, 7) is 0. The van der Waals surface area contributed by atoms with Gasteiger partial charge in [-0.1, -0.05) is 23.7 Å². The average molecular weight is 234 g/mol. The third kappa shape index (κ3) is 2.38. The van der Waals surface area contributed by atoms with E-state index in [1.165, 1.54) is 6.08 Å². The van der Waals surface area contributed by atoms with Crippen molar-refractivity contribution in [2.45, 2.75) is 0 Å². The Morgan fingerprint density at radius 3 is 2.81 bits per heavy atom. The largest absolute Gasteiger partial charge is 0.478 e. The van der Waals surface area contributed by atoms with Gasteiger partial charge >= 0.3 is 5.97 Å². The first-order chi connectivity index (χ1) is 7.65. The molecule has 16 heavy (non-hydrogen) atoms. The van der Waals surface area contributed by atoms with Crippen LogP contribution in [0.15, 0.2) is 36.4 Å². The molecule has 3 nitrogen and oxygen atoms in total. The minimum absolute atomic E-state index is 0.595. The molecular formula is C12H8ClNO2. The highest BCUT2D eigenvalue weighted by Gasteiger charge is 1.97. The summed E-state index contributed by atoms with van der Waals surface area (Å²) < 4.78 is 0. The highest BCUT2D eigenvalue weighted by atomic mass is 35.5. The average Bonchev–Trinajstić information content (AvgIpc) is 2.25. The van der Waals surface area contributed by atoms with E-state index in [1.54, 1.807) is 18.2 Å². The molecule has 4 heteroatoms. The summed E-state index contributed by atoms with van der Waals surface area (Å²) in [5.41, 5.74) is 1.34. The zero-order valence-electron chi connectivity index (χ0n) is 8.22. The maximum absolute atomic E-state index is 10.4. The quantitative estimate of drug-likeness (QED) is 0.812. The minimum atomic E-state index is -0.993. The number of nitrogens with zero attached hydrogens (tertiary/aromatic N) is 1. The van der Waals surface area contributed by atoms with Crippen molar-refractivity contribution in [1.82, 2.24) is 4.98 Å². The molecule has 2 aromatic rings. The maximum atomic E-state index is 10.4. The lowest BCUT2D eigenvalue weighted by Gasteiger charge is -1.99. The summed E-state index contributed by atoms with van der Waals surface area (Å²) in [4.78, 5) is 14.6. The van der Waals surface area contributed by atoms with E-state index >= 15 is 0 Å². The molecule has 80 valence electrons. The first-order valence-electron chi connectivity index (χ1n) is 4.62. The van der Waals surface area contributed by atoms with Gasteiger partial charge in [0.25, 0.3) is 0 Å². The fourth-order valence-corrected chi connectivity index (χ4v) is 1.52. The highest BCUT2D eigenvalue weighted by molar-refractivity contribution is 6.31. The van der Waals surface area contributed by atoms with Crippen molar-refractivity contribution in [3.63, 3.8) is 0 Å². The van der Waals surface area contributed by atoms with E-state index in [1.807, 2.05) is 12.1 Å². The molecule has 1 heterocycles. The van der Waals surface area contributed by atoms with E-state index in [-0.39, 0.29) is 0 Å². The van der Waals surface area contributed by atoms with E-state index < -0.39 is 5.97 Å². The fourth-order valence-electron chi connectivity index (χ4n) is 1.36. The van der Waals surface area contributed by atoms with Gasteiger partial charge in [0, 0.05) is 16.5 Å².